The Labute approximate surface area is 185 Å². The lowest BCUT2D eigenvalue weighted by molar-refractivity contribution is -0.137. The Balaban J connectivity index is 1.77. The summed E-state index contributed by atoms with van der Waals surface area (Å²) in [7, 11) is 1.64. The number of carbonyl (C=O) groups is 1. The normalized spacial score (nSPS) is 17.5. The molecular weight excluding hydrogens is 429 g/mol. The minimum Gasteiger partial charge on any atom is -0.496 e. The fourth-order valence-electron chi connectivity index (χ4n) is 4.14. The molecule has 31 heavy (non-hydrogen) atoms. The van der Waals surface area contributed by atoms with Crippen LogP contribution in [0.2, 0.25) is 5.02 Å². The predicted molar refractivity (Wildman–Crippen MR) is 116 cm³/mol. The molecule has 2 aromatic rings. The van der Waals surface area contributed by atoms with Gasteiger partial charge in [0.05, 0.1) is 24.2 Å². The van der Waals surface area contributed by atoms with Crippen LogP contribution in [0.5, 0.6) is 5.75 Å². The number of nitrogens with one attached hydrogen (secondary N) is 1. The molecule has 0 aliphatic carbocycles. The molecule has 4 nitrogen and oxygen atoms in total. The molecule has 1 atom stereocenters. The van der Waals surface area contributed by atoms with Crippen molar-refractivity contribution in [3.8, 4) is 5.75 Å². The van der Waals surface area contributed by atoms with Gasteiger partial charge in [-0.25, -0.2) is 0 Å². The Morgan fingerprint density at radius 3 is 2.61 bits per heavy atom. The number of benzene rings is 2. The molecule has 1 fully saturated rings. The molecule has 0 aromatic heterocycles. The average Bonchev–Trinajstić information content (AvgIpc) is 2.71. The number of alkyl halides is 3. The van der Waals surface area contributed by atoms with E-state index in [9.17, 15) is 18.0 Å². The van der Waals surface area contributed by atoms with Gasteiger partial charge in [-0.1, -0.05) is 24.1 Å². The molecule has 168 valence electrons. The zero-order valence-electron chi connectivity index (χ0n) is 17.8. The van der Waals surface area contributed by atoms with Crippen molar-refractivity contribution < 1.29 is 22.7 Å². The van der Waals surface area contributed by atoms with E-state index in [0.29, 0.717) is 0 Å². The van der Waals surface area contributed by atoms with Gasteiger partial charge in [0.15, 0.2) is 0 Å². The second-order valence-corrected chi connectivity index (χ2v) is 8.24. The molecule has 2 aromatic carbocycles. The minimum atomic E-state index is -4.58. The van der Waals surface area contributed by atoms with Gasteiger partial charge in [0.1, 0.15) is 5.75 Å². The number of nitrogens with zero attached hydrogens (tertiary/aromatic N) is 1. The smallest absolute Gasteiger partial charge is 0.417 e. The van der Waals surface area contributed by atoms with E-state index in [1.807, 2.05) is 26.0 Å². The van der Waals surface area contributed by atoms with Crippen LogP contribution in [0.1, 0.15) is 47.6 Å². The quantitative estimate of drug-likeness (QED) is 0.589. The number of likely N-dealkylation sites (tertiary alicyclic amines) is 1. The molecule has 1 aliphatic rings. The molecule has 1 aliphatic heterocycles. The molecule has 1 saturated heterocycles. The standard InChI is InChI=1S/C23H26ClF3N2O2/c1-14-15(2)21(31-3)10-8-17(14)20-6-4-5-11-29(20)13-22(30)28-16-7-9-19(24)18(12-16)23(25,26)27/h7-10,12,20H,4-6,11,13H2,1-3H3,(H,28,30). The Bertz CT molecular complexity index is 963. The summed E-state index contributed by atoms with van der Waals surface area (Å²) < 4.78 is 44.7. The van der Waals surface area contributed by atoms with Gasteiger partial charge in [0, 0.05) is 11.7 Å². The summed E-state index contributed by atoms with van der Waals surface area (Å²) in [5.41, 5.74) is 2.45. The highest BCUT2D eigenvalue weighted by Gasteiger charge is 2.33. The van der Waals surface area contributed by atoms with Gasteiger partial charge >= 0.3 is 6.18 Å². The molecule has 0 radical (unpaired) electrons. The average molecular weight is 455 g/mol. The third-order valence-corrected chi connectivity index (χ3v) is 6.20. The van der Waals surface area contributed by atoms with Gasteiger partial charge < -0.3 is 10.1 Å². The monoisotopic (exact) mass is 454 g/mol. The summed E-state index contributed by atoms with van der Waals surface area (Å²) >= 11 is 5.66. The van der Waals surface area contributed by atoms with Crippen LogP contribution in [0.3, 0.4) is 0 Å². The second kappa shape index (κ2) is 9.49. The SMILES string of the molecule is COc1ccc(C2CCCCN2CC(=O)Nc2ccc(Cl)c(C(F)(F)F)c2)c(C)c1C. The topological polar surface area (TPSA) is 41.6 Å². The van der Waals surface area contributed by atoms with E-state index in [2.05, 4.69) is 10.2 Å². The van der Waals surface area contributed by atoms with E-state index in [1.54, 1.807) is 7.11 Å². The number of carbonyl (C=O) groups excluding carboxylic acids is 1. The van der Waals surface area contributed by atoms with Gasteiger partial charge in [0.2, 0.25) is 5.91 Å². The Morgan fingerprint density at radius 1 is 1.19 bits per heavy atom. The zero-order chi connectivity index (χ0) is 22.8. The number of amides is 1. The molecule has 3 rings (SSSR count). The Kier molecular flexibility index (Phi) is 7.17. The van der Waals surface area contributed by atoms with E-state index < -0.39 is 16.8 Å². The lowest BCUT2D eigenvalue weighted by Crippen LogP contribution is -2.39. The van der Waals surface area contributed by atoms with Crippen LogP contribution in [0.25, 0.3) is 0 Å². The van der Waals surface area contributed by atoms with Crippen molar-refractivity contribution in [1.82, 2.24) is 4.90 Å². The summed E-state index contributed by atoms with van der Waals surface area (Å²) in [6.45, 7) is 4.90. The molecule has 1 unspecified atom stereocenters. The van der Waals surface area contributed by atoms with E-state index in [4.69, 9.17) is 16.3 Å². The maximum Gasteiger partial charge on any atom is 0.417 e. The van der Waals surface area contributed by atoms with Crippen LogP contribution in [0.4, 0.5) is 18.9 Å². The number of ether oxygens (including phenoxy) is 1. The number of hydrogen-bond acceptors (Lipinski definition) is 3. The minimum absolute atomic E-state index is 0.0695. The third-order valence-electron chi connectivity index (χ3n) is 5.87. The zero-order valence-corrected chi connectivity index (χ0v) is 18.5. The lowest BCUT2D eigenvalue weighted by atomic mass is 9.90. The fourth-order valence-corrected chi connectivity index (χ4v) is 4.36. The molecule has 0 saturated carbocycles. The van der Waals surface area contributed by atoms with E-state index in [0.717, 1.165) is 60.4 Å². The third kappa shape index (κ3) is 5.33. The first-order valence-corrected chi connectivity index (χ1v) is 10.5. The van der Waals surface area contributed by atoms with Crippen molar-refractivity contribution in [2.75, 3.05) is 25.5 Å². The summed E-state index contributed by atoms with van der Waals surface area (Å²) in [6, 6.07) is 7.44. The summed E-state index contributed by atoms with van der Waals surface area (Å²) in [5.74, 6) is 0.467. The Hall–Kier alpha value is -2.25. The highest BCUT2D eigenvalue weighted by Crippen LogP contribution is 2.37. The largest absolute Gasteiger partial charge is 0.496 e. The van der Waals surface area contributed by atoms with Crippen LogP contribution < -0.4 is 10.1 Å². The Morgan fingerprint density at radius 2 is 1.94 bits per heavy atom. The first-order valence-electron chi connectivity index (χ1n) is 10.2. The summed E-state index contributed by atoms with van der Waals surface area (Å²) in [4.78, 5) is 14.8. The van der Waals surface area contributed by atoms with Crippen LogP contribution in [0.15, 0.2) is 30.3 Å². The molecule has 0 bridgehead atoms. The molecule has 8 heteroatoms. The number of halogens is 4. The first kappa shape index (κ1) is 23.4. The van der Waals surface area contributed by atoms with Crippen molar-refractivity contribution >= 4 is 23.2 Å². The second-order valence-electron chi connectivity index (χ2n) is 7.83. The van der Waals surface area contributed by atoms with E-state index in [-0.39, 0.29) is 24.2 Å². The van der Waals surface area contributed by atoms with Crippen LogP contribution in [0, 0.1) is 13.8 Å². The number of methoxy groups -OCH3 is 1. The number of piperidine rings is 1. The summed E-state index contributed by atoms with van der Waals surface area (Å²) in [6.07, 6.45) is -1.64. The highest BCUT2D eigenvalue weighted by molar-refractivity contribution is 6.31. The van der Waals surface area contributed by atoms with E-state index in [1.165, 1.54) is 6.07 Å². The molecule has 1 amide bonds. The highest BCUT2D eigenvalue weighted by atomic mass is 35.5. The number of hydrogen-bond donors (Lipinski definition) is 1. The lowest BCUT2D eigenvalue weighted by Gasteiger charge is -2.36. The number of anilines is 1. The maximum absolute atomic E-state index is 13.1. The van der Waals surface area contributed by atoms with E-state index >= 15 is 0 Å². The van der Waals surface area contributed by atoms with Crippen LogP contribution >= 0.6 is 11.6 Å². The first-order chi connectivity index (χ1) is 14.6. The molecular formula is C23H26ClF3N2O2. The van der Waals surface area contributed by atoms with Gasteiger partial charge in [0.25, 0.3) is 0 Å². The fraction of sp³-hybridized carbons (Fsp3) is 0.435. The van der Waals surface area contributed by atoms with Crippen molar-refractivity contribution in [1.29, 1.82) is 0 Å². The van der Waals surface area contributed by atoms with Crippen LogP contribution in [-0.4, -0.2) is 31.0 Å². The molecule has 0 spiro atoms. The van der Waals surface area contributed by atoms with Crippen molar-refractivity contribution in [3.63, 3.8) is 0 Å². The van der Waals surface area contributed by atoms with Gasteiger partial charge in [-0.3, -0.25) is 9.69 Å². The van der Waals surface area contributed by atoms with Crippen molar-refractivity contribution in [2.45, 2.75) is 45.3 Å². The van der Waals surface area contributed by atoms with Crippen LogP contribution in [-0.2, 0) is 11.0 Å². The van der Waals surface area contributed by atoms with Crippen molar-refractivity contribution in [3.05, 3.63) is 57.6 Å². The molecule has 1 N–H and O–H groups in total. The predicted octanol–water partition coefficient (Wildman–Crippen LogP) is 6.15. The number of rotatable bonds is 5. The van der Waals surface area contributed by atoms with Gasteiger partial charge in [-0.05, 0) is 74.2 Å². The summed E-state index contributed by atoms with van der Waals surface area (Å²) in [5, 5.41) is 2.19. The van der Waals surface area contributed by atoms with Gasteiger partial charge in [-0.2, -0.15) is 13.2 Å². The van der Waals surface area contributed by atoms with Crippen molar-refractivity contribution in [2.24, 2.45) is 0 Å². The maximum atomic E-state index is 13.1. The molecule has 1 heterocycles. The van der Waals surface area contributed by atoms with Gasteiger partial charge in [-0.15, -0.1) is 0 Å².